The minimum absolute atomic E-state index is 0.0135. The summed E-state index contributed by atoms with van der Waals surface area (Å²) in [6, 6.07) is 16.8. The van der Waals surface area contributed by atoms with Crippen LogP contribution in [0.2, 0.25) is 0 Å². The Balaban J connectivity index is 1.35. The van der Waals surface area contributed by atoms with Crippen LogP contribution in [0.3, 0.4) is 0 Å². The highest BCUT2D eigenvalue weighted by Gasteiger charge is 2.34. The molecule has 3 heterocycles. The summed E-state index contributed by atoms with van der Waals surface area (Å²) in [7, 11) is 0. The summed E-state index contributed by atoms with van der Waals surface area (Å²) in [5, 5.41) is 0. The van der Waals surface area contributed by atoms with Gasteiger partial charge in [0.1, 0.15) is 24.7 Å². The number of nitrogens with zero attached hydrogens (tertiary/aromatic N) is 2. The highest BCUT2D eigenvalue weighted by molar-refractivity contribution is 5.95. The van der Waals surface area contributed by atoms with Gasteiger partial charge in [-0.05, 0) is 55.3 Å². The topological polar surface area (TPSA) is 60.9 Å². The minimum atomic E-state index is -0.0135. The Kier molecular flexibility index (Phi) is 4.97. The number of para-hydroxylation sites is 1. The Morgan fingerprint density at radius 1 is 1.00 bits per heavy atom. The predicted octanol–water partition coefficient (Wildman–Crippen LogP) is 4.62. The van der Waals surface area contributed by atoms with E-state index in [9.17, 15) is 4.79 Å². The monoisotopic (exact) mass is 402 g/mol. The van der Waals surface area contributed by atoms with Gasteiger partial charge in [0, 0.05) is 23.9 Å². The summed E-state index contributed by atoms with van der Waals surface area (Å²) >= 11 is 0. The van der Waals surface area contributed by atoms with Crippen LogP contribution >= 0.6 is 0 Å². The smallest absolute Gasteiger partial charge is 0.254 e. The van der Waals surface area contributed by atoms with Crippen LogP contribution < -0.4 is 14.2 Å². The molecule has 0 saturated carbocycles. The second-order valence-electron chi connectivity index (χ2n) is 7.34. The fourth-order valence-corrected chi connectivity index (χ4v) is 4.07. The summed E-state index contributed by atoms with van der Waals surface area (Å²) in [4.78, 5) is 19.2. The molecule has 1 atom stereocenters. The minimum Gasteiger partial charge on any atom is -0.486 e. The van der Waals surface area contributed by atoms with Crippen molar-refractivity contribution in [3.63, 3.8) is 0 Å². The van der Waals surface area contributed by atoms with Gasteiger partial charge in [-0.25, -0.2) is 0 Å². The normalized spacial score (nSPS) is 17.6. The van der Waals surface area contributed by atoms with Crippen LogP contribution in [-0.2, 0) is 0 Å². The van der Waals surface area contributed by atoms with E-state index in [1.54, 1.807) is 12.4 Å². The standard InChI is InChI=1S/C24H22N2O4/c27-24(17-8-10-18(11-9-17)30-19-4-2-12-25-16-19)26-13-3-6-21(26)20-5-1-7-22-23(20)29-15-14-28-22/h1-2,4-5,7-12,16,21H,3,6,13-15H2. The third-order valence-corrected chi connectivity index (χ3v) is 5.44. The van der Waals surface area contributed by atoms with E-state index >= 15 is 0 Å². The molecule has 152 valence electrons. The Morgan fingerprint density at radius 2 is 1.87 bits per heavy atom. The quantitative estimate of drug-likeness (QED) is 0.637. The molecule has 1 aromatic heterocycles. The molecular formula is C24H22N2O4. The van der Waals surface area contributed by atoms with Crippen LogP contribution in [-0.4, -0.2) is 35.5 Å². The lowest BCUT2D eigenvalue weighted by Gasteiger charge is -2.29. The van der Waals surface area contributed by atoms with E-state index in [1.165, 1.54) is 0 Å². The molecule has 1 unspecified atom stereocenters. The second-order valence-corrected chi connectivity index (χ2v) is 7.34. The molecule has 0 radical (unpaired) electrons. The van der Waals surface area contributed by atoms with Gasteiger partial charge < -0.3 is 19.1 Å². The van der Waals surface area contributed by atoms with Crippen LogP contribution in [0.15, 0.2) is 67.0 Å². The summed E-state index contributed by atoms with van der Waals surface area (Å²) in [5.74, 6) is 2.87. The van der Waals surface area contributed by atoms with E-state index in [0.717, 1.165) is 36.4 Å². The lowest BCUT2D eigenvalue weighted by atomic mass is 10.0. The maximum atomic E-state index is 13.3. The number of hydrogen-bond acceptors (Lipinski definition) is 5. The van der Waals surface area contributed by atoms with Crippen molar-refractivity contribution in [3.05, 3.63) is 78.1 Å². The number of fused-ring (bicyclic) bond motifs is 1. The number of ether oxygens (including phenoxy) is 3. The fraction of sp³-hybridized carbons (Fsp3) is 0.250. The van der Waals surface area contributed by atoms with E-state index in [-0.39, 0.29) is 11.9 Å². The second kappa shape index (κ2) is 8.06. The molecule has 1 saturated heterocycles. The Hall–Kier alpha value is -3.54. The third-order valence-electron chi connectivity index (χ3n) is 5.44. The fourth-order valence-electron chi connectivity index (χ4n) is 4.07. The summed E-state index contributed by atoms with van der Waals surface area (Å²) in [6.45, 7) is 1.81. The average molecular weight is 402 g/mol. The van der Waals surface area contributed by atoms with Gasteiger partial charge in [0.25, 0.3) is 5.91 Å². The molecule has 0 N–H and O–H groups in total. The van der Waals surface area contributed by atoms with Crippen LogP contribution in [0.5, 0.6) is 23.0 Å². The predicted molar refractivity (Wildman–Crippen MR) is 111 cm³/mol. The molecule has 6 heteroatoms. The lowest BCUT2D eigenvalue weighted by molar-refractivity contribution is 0.0731. The van der Waals surface area contributed by atoms with E-state index < -0.39 is 0 Å². The van der Waals surface area contributed by atoms with Crippen molar-refractivity contribution in [1.82, 2.24) is 9.88 Å². The first-order chi connectivity index (χ1) is 14.8. The number of aromatic nitrogens is 1. The van der Waals surface area contributed by atoms with Crippen LogP contribution in [0, 0.1) is 0 Å². The largest absolute Gasteiger partial charge is 0.486 e. The summed E-state index contributed by atoms with van der Waals surface area (Å²) in [6.07, 6.45) is 5.22. The van der Waals surface area contributed by atoms with E-state index in [1.807, 2.05) is 59.5 Å². The molecule has 0 aliphatic carbocycles. The number of benzene rings is 2. The van der Waals surface area contributed by atoms with Crippen LogP contribution in [0.25, 0.3) is 0 Å². The molecule has 6 nitrogen and oxygen atoms in total. The number of amides is 1. The van der Waals surface area contributed by atoms with Crippen molar-refractivity contribution in [1.29, 1.82) is 0 Å². The van der Waals surface area contributed by atoms with Crippen molar-refractivity contribution >= 4 is 5.91 Å². The van der Waals surface area contributed by atoms with Crippen LogP contribution in [0.4, 0.5) is 0 Å². The summed E-state index contributed by atoms with van der Waals surface area (Å²) < 4.78 is 17.4. The Labute approximate surface area is 175 Å². The van der Waals surface area contributed by atoms with Gasteiger partial charge in [-0.1, -0.05) is 12.1 Å². The van der Waals surface area contributed by atoms with Gasteiger partial charge in [0.15, 0.2) is 11.5 Å². The lowest BCUT2D eigenvalue weighted by Crippen LogP contribution is -2.31. The number of likely N-dealkylation sites (tertiary alicyclic amines) is 1. The zero-order valence-corrected chi connectivity index (χ0v) is 16.5. The summed E-state index contributed by atoms with van der Waals surface area (Å²) in [5.41, 5.74) is 1.66. The molecule has 1 amide bonds. The zero-order chi connectivity index (χ0) is 20.3. The third kappa shape index (κ3) is 3.56. The first-order valence-corrected chi connectivity index (χ1v) is 10.2. The van der Waals surface area contributed by atoms with Gasteiger partial charge in [-0.15, -0.1) is 0 Å². The molecule has 2 aliphatic rings. The number of pyridine rings is 1. The van der Waals surface area contributed by atoms with Crippen molar-refractivity contribution < 1.29 is 19.0 Å². The molecule has 0 bridgehead atoms. The molecule has 30 heavy (non-hydrogen) atoms. The maximum absolute atomic E-state index is 13.3. The Bertz CT molecular complexity index is 1040. The van der Waals surface area contributed by atoms with E-state index in [4.69, 9.17) is 14.2 Å². The van der Waals surface area contributed by atoms with Gasteiger partial charge in [-0.2, -0.15) is 0 Å². The first kappa shape index (κ1) is 18.5. The van der Waals surface area contributed by atoms with Gasteiger partial charge in [-0.3, -0.25) is 9.78 Å². The molecular weight excluding hydrogens is 380 g/mol. The highest BCUT2D eigenvalue weighted by Crippen LogP contribution is 2.43. The van der Waals surface area contributed by atoms with E-state index in [2.05, 4.69) is 4.98 Å². The van der Waals surface area contributed by atoms with Crippen LogP contribution in [0.1, 0.15) is 34.8 Å². The molecule has 0 spiro atoms. The molecule has 3 aromatic rings. The van der Waals surface area contributed by atoms with Gasteiger partial charge in [0.2, 0.25) is 0 Å². The number of carbonyl (C=O) groups is 1. The molecule has 5 rings (SSSR count). The average Bonchev–Trinajstić information content (AvgIpc) is 3.29. The first-order valence-electron chi connectivity index (χ1n) is 10.2. The maximum Gasteiger partial charge on any atom is 0.254 e. The van der Waals surface area contributed by atoms with Crippen molar-refractivity contribution in [2.24, 2.45) is 0 Å². The molecule has 1 fully saturated rings. The Morgan fingerprint density at radius 3 is 2.70 bits per heavy atom. The van der Waals surface area contributed by atoms with Crippen molar-refractivity contribution in [3.8, 4) is 23.0 Å². The van der Waals surface area contributed by atoms with E-state index in [0.29, 0.717) is 30.3 Å². The SMILES string of the molecule is O=C(c1ccc(Oc2cccnc2)cc1)N1CCCC1c1cccc2c1OCCO2. The number of carbonyl (C=O) groups excluding carboxylic acids is 1. The highest BCUT2D eigenvalue weighted by atomic mass is 16.6. The van der Waals surface area contributed by atoms with Crippen molar-refractivity contribution in [2.75, 3.05) is 19.8 Å². The van der Waals surface area contributed by atoms with Gasteiger partial charge >= 0.3 is 0 Å². The number of hydrogen-bond donors (Lipinski definition) is 0. The molecule has 2 aliphatic heterocycles. The number of rotatable bonds is 4. The van der Waals surface area contributed by atoms with Crippen molar-refractivity contribution in [2.45, 2.75) is 18.9 Å². The van der Waals surface area contributed by atoms with Gasteiger partial charge in [0.05, 0.1) is 12.2 Å². The zero-order valence-electron chi connectivity index (χ0n) is 16.5. The molecule has 2 aromatic carbocycles.